The molecule has 0 radical (unpaired) electrons. The van der Waals surface area contributed by atoms with E-state index < -0.39 is 6.09 Å². The molecule has 1 amide bonds. The van der Waals surface area contributed by atoms with E-state index in [1.54, 1.807) is 7.05 Å². The third kappa shape index (κ3) is 2.44. The molecular weight excluding hydrogens is 106 g/mol. The van der Waals surface area contributed by atoms with Crippen molar-refractivity contribution in [3.63, 3.8) is 0 Å². The molecule has 0 aromatic carbocycles. The van der Waals surface area contributed by atoms with Crippen molar-refractivity contribution in [3.8, 4) is 0 Å². The van der Waals surface area contributed by atoms with Crippen LogP contribution in [0.2, 0.25) is 0 Å². The van der Waals surface area contributed by atoms with E-state index >= 15 is 0 Å². The zero-order valence-electron chi connectivity index (χ0n) is 6.18. The highest BCUT2D eigenvalue weighted by atomic mass is 16.4. The maximum atomic E-state index is 10.4. The molecule has 3 heteroatoms. The maximum absolute atomic E-state index is 10.4. The molecule has 0 saturated carbocycles. The largest absolute Gasteiger partial charge is 0.465 e. The molecule has 0 rings (SSSR count). The molecule has 1 N–H and O–H groups in total. The third-order valence-electron chi connectivity index (χ3n) is 0.871. The average molecular weight is 118 g/mol. The van der Waals surface area contributed by atoms with Crippen LogP contribution in [0.15, 0.2) is 0 Å². The average Bonchev–Trinajstić information content (AvgIpc) is 1.87. The van der Waals surface area contributed by atoms with Crippen LogP contribution in [0.3, 0.4) is 0 Å². The minimum absolute atomic E-state index is 0.600. The molecule has 0 aromatic heterocycles. The van der Waals surface area contributed by atoms with E-state index in [1.165, 1.54) is 4.90 Å². The molecule has 0 heterocycles. The van der Waals surface area contributed by atoms with Crippen LogP contribution in [0.5, 0.6) is 0 Å². The van der Waals surface area contributed by atoms with Crippen LogP contribution in [0.1, 0.15) is 13.3 Å². The van der Waals surface area contributed by atoms with E-state index in [1.807, 2.05) is 6.92 Å². The zero-order valence-corrected chi connectivity index (χ0v) is 5.18. The number of nitrogens with zero attached hydrogens (tertiary/aromatic N) is 1. The van der Waals surface area contributed by atoms with Crippen LogP contribution in [0.4, 0.5) is 4.79 Å². The van der Waals surface area contributed by atoms with Gasteiger partial charge in [0, 0.05) is 13.6 Å². The van der Waals surface area contributed by atoms with Crippen molar-refractivity contribution in [1.29, 1.82) is 1.43 Å². The van der Waals surface area contributed by atoms with Gasteiger partial charge in [0.15, 0.2) is 0 Å². The van der Waals surface area contributed by atoms with Gasteiger partial charge >= 0.3 is 6.09 Å². The maximum Gasteiger partial charge on any atom is 0.407 e. The Morgan fingerprint density at radius 2 is 2.62 bits per heavy atom. The van der Waals surface area contributed by atoms with Crippen molar-refractivity contribution < 1.29 is 9.90 Å². The summed E-state index contributed by atoms with van der Waals surface area (Å²) in [5.41, 5.74) is 0. The Balaban J connectivity index is 3.45. The van der Waals surface area contributed by atoms with Crippen molar-refractivity contribution in [2.24, 2.45) is 0 Å². The number of carboxylic acid groups (broad SMARTS) is 1. The lowest BCUT2D eigenvalue weighted by Gasteiger charge is -2.09. The fourth-order valence-electron chi connectivity index (χ4n) is 0.427. The molecule has 8 heavy (non-hydrogen) atoms. The van der Waals surface area contributed by atoms with Crippen molar-refractivity contribution in [1.82, 2.24) is 4.90 Å². The fraction of sp³-hybridized carbons (Fsp3) is 0.800. The molecule has 0 aliphatic heterocycles. The van der Waals surface area contributed by atoms with Crippen LogP contribution < -0.4 is 0 Å². The van der Waals surface area contributed by atoms with Crippen molar-refractivity contribution in [2.45, 2.75) is 13.3 Å². The van der Waals surface area contributed by atoms with Gasteiger partial charge in [0.05, 0.1) is 0 Å². The first-order chi connectivity index (χ1) is 4.22. The lowest BCUT2D eigenvalue weighted by Crippen LogP contribution is -2.24. The molecule has 0 aliphatic rings. The molecule has 0 aromatic rings. The summed E-state index contributed by atoms with van der Waals surface area (Å²) in [5.74, 6) is 0. The van der Waals surface area contributed by atoms with Gasteiger partial charge in [-0.2, -0.15) is 0 Å². The van der Waals surface area contributed by atoms with Gasteiger partial charge in [-0.05, 0) is 6.42 Å². The Morgan fingerprint density at radius 1 is 2.00 bits per heavy atom. The molecule has 0 bridgehead atoms. The van der Waals surface area contributed by atoms with E-state index in [2.05, 4.69) is 5.11 Å². The molecular formula is C5H11NO2. The standard InChI is InChI=1S/C5H11NO2/c1-3-4-6(2)5(7)8/h3-4H2,1-2H3,(H,7,8)/i/hD. The summed E-state index contributed by atoms with van der Waals surface area (Å²) in [6.07, 6.45) is 0.280. The highest BCUT2D eigenvalue weighted by Crippen LogP contribution is 1.84. The summed E-state index contributed by atoms with van der Waals surface area (Å²) in [5, 5.41) is 3.70. The summed E-state index contributed by atoms with van der Waals surface area (Å²) in [6.45, 7) is 2.59. The quantitative estimate of drug-likeness (QED) is 0.587. The number of rotatable bonds is 2. The second-order valence-corrected chi connectivity index (χ2v) is 1.69. The third-order valence-corrected chi connectivity index (χ3v) is 0.871. The SMILES string of the molecule is [2H]OC(=O)N(C)CCC. The van der Waals surface area contributed by atoms with E-state index in [-0.39, 0.29) is 0 Å². The minimum atomic E-state index is -0.600. The van der Waals surface area contributed by atoms with Crippen molar-refractivity contribution in [2.75, 3.05) is 13.6 Å². The Labute approximate surface area is 50.4 Å². The summed E-state index contributed by atoms with van der Waals surface area (Å²) in [4.78, 5) is 11.8. The highest BCUT2D eigenvalue weighted by molar-refractivity contribution is 5.64. The molecule has 48 valence electrons. The van der Waals surface area contributed by atoms with Gasteiger partial charge in [-0.15, -0.1) is 0 Å². The zero-order chi connectivity index (χ0) is 7.28. The molecule has 0 spiro atoms. The number of amides is 1. The van der Waals surface area contributed by atoms with Gasteiger partial charge in [0.1, 0.15) is 0 Å². The molecule has 0 unspecified atom stereocenters. The topological polar surface area (TPSA) is 40.5 Å². The summed E-state index contributed by atoms with van der Waals surface area (Å²) in [7, 11) is 1.60. The Morgan fingerprint density at radius 3 is 3.00 bits per heavy atom. The van der Waals surface area contributed by atoms with Gasteiger partial charge in [0.2, 0.25) is 0 Å². The Bertz CT molecular complexity index is 97.0. The molecule has 0 aliphatic carbocycles. The number of hydrogen-bond acceptors (Lipinski definition) is 2. The first kappa shape index (κ1) is 5.41. The second-order valence-electron chi connectivity index (χ2n) is 1.69. The predicted octanol–water partition coefficient (Wildman–Crippen LogP) is 1.01. The van der Waals surface area contributed by atoms with Crippen LogP contribution in [-0.2, 0) is 0 Å². The van der Waals surface area contributed by atoms with E-state index in [9.17, 15) is 4.79 Å². The van der Waals surface area contributed by atoms with Crippen molar-refractivity contribution >= 4 is 6.09 Å². The summed E-state index contributed by atoms with van der Waals surface area (Å²) in [6, 6.07) is 0. The summed E-state index contributed by atoms with van der Waals surface area (Å²) < 4.78 is 6.23. The van der Waals surface area contributed by atoms with E-state index in [0.717, 1.165) is 6.42 Å². The first-order valence-electron chi connectivity index (χ1n) is 3.01. The number of carbonyl (C=O) groups is 1. The lowest BCUT2D eigenvalue weighted by molar-refractivity contribution is 0.156. The monoisotopic (exact) mass is 118 g/mol. The van der Waals surface area contributed by atoms with Gasteiger partial charge in [-0.1, -0.05) is 6.92 Å². The normalized spacial score (nSPS) is 10.0. The van der Waals surface area contributed by atoms with Crippen LogP contribution in [0, 0.1) is 0 Å². The van der Waals surface area contributed by atoms with E-state index in [4.69, 9.17) is 1.43 Å². The smallest absolute Gasteiger partial charge is 0.407 e. The predicted molar refractivity (Wildman–Crippen MR) is 30.9 cm³/mol. The van der Waals surface area contributed by atoms with Gasteiger partial charge < -0.3 is 10.0 Å². The highest BCUT2D eigenvalue weighted by Gasteiger charge is 2.00. The first-order valence-corrected chi connectivity index (χ1v) is 2.60. The summed E-state index contributed by atoms with van der Waals surface area (Å²) >= 11 is 0. The van der Waals surface area contributed by atoms with Gasteiger partial charge in [-0.25, -0.2) is 4.79 Å². The fourth-order valence-corrected chi connectivity index (χ4v) is 0.427. The van der Waals surface area contributed by atoms with Crippen LogP contribution in [0.25, 0.3) is 1.43 Å². The Kier molecular flexibility index (Phi) is 2.23. The Hall–Kier alpha value is -0.730. The van der Waals surface area contributed by atoms with Crippen LogP contribution in [-0.4, -0.2) is 29.7 Å². The molecule has 0 saturated heterocycles. The minimum Gasteiger partial charge on any atom is -0.465 e. The molecule has 0 atom stereocenters. The van der Waals surface area contributed by atoms with Gasteiger partial charge in [0.25, 0.3) is 1.43 Å². The molecule has 3 nitrogen and oxygen atoms in total. The van der Waals surface area contributed by atoms with Crippen LogP contribution >= 0.6 is 0 Å². The van der Waals surface area contributed by atoms with Crippen molar-refractivity contribution in [3.05, 3.63) is 0 Å². The second kappa shape index (κ2) is 3.29. The molecule has 0 fully saturated rings. The number of hydrogen-bond donors (Lipinski definition) is 1. The van der Waals surface area contributed by atoms with E-state index in [0.29, 0.717) is 6.54 Å². The lowest BCUT2D eigenvalue weighted by atomic mass is 10.5. The van der Waals surface area contributed by atoms with Gasteiger partial charge in [-0.3, -0.25) is 0 Å².